The Morgan fingerprint density at radius 2 is 1.04 bits per heavy atom. The maximum Gasteiger partial charge on any atom is 0.472 e. The number of hydrogen-bond acceptors (Lipinski definition) is 7. The number of carbonyl (C=O) groups excluding carboxylic acids is 2. The van der Waals surface area contributed by atoms with Crippen molar-refractivity contribution in [3.63, 3.8) is 0 Å². The zero-order chi connectivity index (χ0) is 37.2. The van der Waals surface area contributed by atoms with Crippen molar-refractivity contribution < 1.29 is 42.1 Å². The predicted octanol–water partition coefficient (Wildman–Crippen LogP) is 10.8. The molecule has 0 amide bonds. The van der Waals surface area contributed by atoms with Crippen LogP contribution < -0.4 is 0 Å². The lowest BCUT2D eigenvalue weighted by atomic mass is 10.1. The van der Waals surface area contributed by atoms with Gasteiger partial charge < -0.3 is 18.9 Å². The number of ether oxygens (including phenoxy) is 2. The molecular weight excluding hydrogens is 653 g/mol. The van der Waals surface area contributed by atoms with Crippen LogP contribution in [0.5, 0.6) is 0 Å². The Balaban J connectivity index is 4.43. The first-order valence-corrected chi connectivity index (χ1v) is 21.6. The Hall–Kier alpha value is -1.51. The summed E-state index contributed by atoms with van der Waals surface area (Å²) < 4.78 is 34.2. The number of likely N-dealkylation sites (N-methyl/N-ethyl adjacent to an activating group) is 1. The van der Waals surface area contributed by atoms with Gasteiger partial charge in [0.25, 0.3) is 0 Å². The topological polar surface area (TPSA) is 108 Å². The molecule has 0 rings (SSSR count). The van der Waals surface area contributed by atoms with E-state index in [1.807, 2.05) is 21.1 Å². The number of phosphoric acid groups is 1. The van der Waals surface area contributed by atoms with Crippen molar-refractivity contribution in [2.75, 3.05) is 47.5 Å². The van der Waals surface area contributed by atoms with E-state index >= 15 is 0 Å². The molecule has 2 atom stereocenters. The van der Waals surface area contributed by atoms with Crippen LogP contribution in [0, 0.1) is 0 Å². The van der Waals surface area contributed by atoms with E-state index in [1.54, 1.807) is 0 Å². The van der Waals surface area contributed by atoms with Gasteiger partial charge in [0.15, 0.2) is 6.10 Å². The monoisotopic (exact) mass is 731 g/mol. The van der Waals surface area contributed by atoms with Crippen molar-refractivity contribution in [3.8, 4) is 0 Å². The standard InChI is InChI=1S/C40H76NO8P/c1-6-8-10-12-14-16-18-19-20-21-23-25-27-29-31-33-40(43)49-38(37-48-50(44,45)47-35-34-41(3,4)5)36-46-39(42)32-30-28-26-24-22-17-15-13-11-9-7-2/h13,15,19-20,38H,6-12,14,16-18,21-37H2,1-5H3/p+1/b15-13-,20-19-/t38-/m1/s1. The van der Waals surface area contributed by atoms with Gasteiger partial charge in [-0.15, -0.1) is 0 Å². The fraction of sp³-hybridized carbons (Fsp3) is 0.850. The summed E-state index contributed by atoms with van der Waals surface area (Å²) in [5.74, 6) is -0.820. The number of nitrogens with zero attached hydrogens (tertiary/aromatic N) is 1. The van der Waals surface area contributed by atoms with Crippen molar-refractivity contribution in [1.29, 1.82) is 0 Å². The Morgan fingerprint density at radius 1 is 0.600 bits per heavy atom. The van der Waals surface area contributed by atoms with Gasteiger partial charge in [-0.3, -0.25) is 18.6 Å². The van der Waals surface area contributed by atoms with Crippen molar-refractivity contribution in [2.24, 2.45) is 0 Å². The summed E-state index contributed by atoms with van der Waals surface area (Å²) in [4.78, 5) is 35.2. The summed E-state index contributed by atoms with van der Waals surface area (Å²) in [5, 5.41) is 0. The number of rotatable bonds is 36. The van der Waals surface area contributed by atoms with Gasteiger partial charge in [0.2, 0.25) is 0 Å². The molecule has 0 radical (unpaired) electrons. The van der Waals surface area contributed by atoms with E-state index in [1.165, 1.54) is 57.8 Å². The molecule has 0 saturated heterocycles. The third kappa shape index (κ3) is 36.3. The molecular formula is C40H77NO8P+. The Morgan fingerprint density at radius 3 is 1.54 bits per heavy atom. The third-order valence-electron chi connectivity index (χ3n) is 8.45. The highest BCUT2D eigenvalue weighted by atomic mass is 31.2. The van der Waals surface area contributed by atoms with Crippen molar-refractivity contribution in [2.45, 2.75) is 174 Å². The van der Waals surface area contributed by atoms with E-state index in [0.29, 0.717) is 17.4 Å². The number of esters is 2. The summed E-state index contributed by atoms with van der Waals surface area (Å²) in [7, 11) is 1.47. The minimum Gasteiger partial charge on any atom is -0.462 e. The van der Waals surface area contributed by atoms with E-state index in [9.17, 15) is 19.0 Å². The lowest BCUT2D eigenvalue weighted by Crippen LogP contribution is -2.37. The second-order valence-corrected chi connectivity index (χ2v) is 16.1. The summed E-state index contributed by atoms with van der Waals surface area (Å²) in [5.41, 5.74) is 0. The average Bonchev–Trinajstić information content (AvgIpc) is 3.06. The number of phosphoric ester groups is 1. The van der Waals surface area contributed by atoms with E-state index < -0.39 is 26.5 Å². The van der Waals surface area contributed by atoms with Crippen LogP contribution in [0.25, 0.3) is 0 Å². The smallest absolute Gasteiger partial charge is 0.462 e. The van der Waals surface area contributed by atoms with Gasteiger partial charge in [-0.25, -0.2) is 4.57 Å². The van der Waals surface area contributed by atoms with E-state index in [-0.39, 0.29) is 32.0 Å². The quantitative estimate of drug-likeness (QED) is 0.0223. The van der Waals surface area contributed by atoms with Crippen LogP contribution in [0.1, 0.15) is 168 Å². The van der Waals surface area contributed by atoms with Gasteiger partial charge in [-0.05, 0) is 57.8 Å². The lowest BCUT2D eigenvalue weighted by Gasteiger charge is -2.24. The van der Waals surface area contributed by atoms with Gasteiger partial charge in [0, 0.05) is 12.8 Å². The zero-order valence-corrected chi connectivity index (χ0v) is 33.8. The third-order valence-corrected chi connectivity index (χ3v) is 9.44. The number of quaternary nitrogens is 1. The first-order chi connectivity index (χ1) is 24.0. The molecule has 0 bridgehead atoms. The minimum absolute atomic E-state index is 0.0296. The maximum atomic E-state index is 12.6. The SMILES string of the molecule is CCCC/C=C\CCCCCCCC(=O)OC[C@H](COP(=O)(O)OCC[N+](C)(C)C)OC(=O)CCCCCCC/C=C\CCCCCCCC. The molecule has 1 N–H and O–H groups in total. The van der Waals surface area contributed by atoms with Crippen LogP contribution in [0.2, 0.25) is 0 Å². The predicted molar refractivity (Wildman–Crippen MR) is 206 cm³/mol. The minimum atomic E-state index is -4.37. The average molecular weight is 731 g/mol. The van der Waals surface area contributed by atoms with Crippen molar-refractivity contribution in [1.82, 2.24) is 0 Å². The molecule has 1 unspecified atom stereocenters. The Kier molecular flexibility index (Phi) is 32.3. The van der Waals surface area contributed by atoms with Gasteiger partial charge in [-0.2, -0.15) is 0 Å². The largest absolute Gasteiger partial charge is 0.472 e. The molecule has 9 nitrogen and oxygen atoms in total. The summed E-state index contributed by atoms with van der Waals surface area (Å²) in [6.45, 7) is 4.35. The van der Waals surface area contributed by atoms with Crippen LogP contribution in [0.3, 0.4) is 0 Å². The molecule has 0 fully saturated rings. The first kappa shape index (κ1) is 48.5. The van der Waals surface area contributed by atoms with Crippen LogP contribution in [-0.4, -0.2) is 74.9 Å². The highest BCUT2D eigenvalue weighted by molar-refractivity contribution is 7.47. The molecule has 50 heavy (non-hydrogen) atoms. The highest BCUT2D eigenvalue weighted by Gasteiger charge is 2.27. The fourth-order valence-electron chi connectivity index (χ4n) is 5.22. The number of unbranched alkanes of at least 4 members (excludes halogenated alkanes) is 18. The molecule has 0 aliphatic carbocycles. The number of carbonyl (C=O) groups is 2. The lowest BCUT2D eigenvalue weighted by molar-refractivity contribution is -0.870. The molecule has 0 aromatic heterocycles. The number of hydrogen-bond donors (Lipinski definition) is 1. The van der Waals surface area contributed by atoms with Crippen LogP contribution >= 0.6 is 7.82 Å². The molecule has 0 aliphatic heterocycles. The molecule has 294 valence electrons. The summed E-state index contributed by atoms with van der Waals surface area (Å²) in [6, 6.07) is 0. The van der Waals surface area contributed by atoms with Crippen molar-refractivity contribution >= 4 is 19.8 Å². The van der Waals surface area contributed by atoms with E-state index in [4.69, 9.17) is 18.5 Å². The summed E-state index contributed by atoms with van der Waals surface area (Å²) in [6.07, 6.45) is 33.6. The van der Waals surface area contributed by atoms with Gasteiger partial charge in [0.1, 0.15) is 19.8 Å². The van der Waals surface area contributed by atoms with Gasteiger partial charge in [0.05, 0.1) is 27.7 Å². The van der Waals surface area contributed by atoms with E-state index in [0.717, 1.165) is 77.0 Å². The summed E-state index contributed by atoms with van der Waals surface area (Å²) >= 11 is 0. The Bertz CT molecular complexity index is 918. The molecule has 0 aliphatic rings. The second-order valence-electron chi connectivity index (χ2n) is 14.7. The zero-order valence-electron chi connectivity index (χ0n) is 32.9. The maximum absolute atomic E-state index is 12.6. The van der Waals surface area contributed by atoms with Gasteiger partial charge in [-0.1, -0.05) is 122 Å². The molecule has 0 saturated carbocycles. The number of allylic oxidation sites excluding steroid dienone is 4. The molecule has 0 heterocycles. The second kappa shape index (κ2) is 33.3. The first-order valence-electron chi connectivity index (χ1n) is 20.1. The normalized spacial score (nSPS) is 14.0. The highest BCUT2D eigenvalue weighted by Crippen LogP contribution is 2.43. The molecule has 0 aromatic carbocycles. The van der Waals surface area contributed by atoms with Gasteiger partial charge >= 0.3 is 19.8 Å². The fourth-order valence-corrected chi connectivity index (χ4v) is 5.96. The molecule has 10 heteroatoms. The molecule has 0 aromatic rings. The van der Waals surface area contributed by atoms with Crippen LogP contribution in [0.4, 0.5) is 0 Å². The van der Waals surface area contributed by atoms with E-state index in [2.05, 4.69) is 38.2 Å². The van der Waals surface area contributed by atoms with Crippen LogP contribution in [0.15, 0.2) is 24.3 Å². The Labute approximate surface area is 307 Å². The van der Waals surface area contributed by atoms with Crippen LogP contribution in [-0.2, 0) is 32.7 Å². The molecule has 0 spiro atoms. The van der Waals surface area contributed by atoms with Crippen molar-refractivity contribution in [3.05, 3.63) is 24.3 Å².